The summed E-state index contributed by atoms with van der Waals surface area (Å²) < 4.78 is 18.4. The summed E-state index contributed by atoms with van der Waals surface area (Å²) in [6, 6.07) is 2.23. The molecule has 0 unspecified atom stereocenters. The lowest BCUT2D eigenvalue weighted by Gasteiger charge is -2.11. The van der Waals surface area contributed by atoms with Gasteiger partial charge in [-0.3, -0.25) is 19.2 Å². The van der Waals surface area contributed by atoms with Crippen molar-refractivity contribution in [2.24, 2.45) is 0 Å². The van der Waals surface area contributed by atoms with E-state index >= 15 is 0 Å². The SMILES string of the molecule is CC(=O)Oc1cc(OC=O)c(OC=O)c(OC=O)c1. The molecule has 1 rings (SSSR count). The molecule has 8 nitrogen and oxygen atoms in total. The van der Waals surface area contributed by atoms with E-state index in [0.29, 0.717) is 0 Å². The van der Waals surface area contributed by atoms with Crippen LogP contribution in [0.2, 0.25) is 0 Å². The zero-order valence-electron chi connectivity index (χ0n) is 9.65. The van der Waals surface area contributed by atoms with E-state index in [9.17, 15) is 19.2 Å². The Morgan fingerprint density at radius 3 is 1.79 bits per heavy atom. The third kappa shape index (κ3) is 3.80. The third-order valence-corrected chi connectivity index (χ3v) is 1.77. The number of benzene rings is 1. The molecule has 0 aromatic heterocycles. The molecular formula is C11H8O8. The summed E-state index contributed by atoms with van der Waals surface area (Å²) in [6.45, 7) is 1.33. The van der Waals surface area contributed by atoms with Gasteiger partial charge in [0.1, 0.15) is 5.75 Å². The normalized spacial score (nSPS) is 9.11. The highest BCUT2D eigenvalue weighted by atomic mass is 16.6. The van der Waals surface area contributed by atoms with Crippen molar-refractivity contribution < 1.29 is 38.1 Å². The number of carbonyl (C=O) groups excluding carboxylic acids is 4. The van der Waals surface area contributed by atoms with Crippen molar-refractivity contribution in [2.75, 3.05) is 0 Å². The van der Waals surface area contributed by atoms with Crippen molar-refractivity contribution in [2.45, 2.75) is 6.92 Å². The maximum Gasteiger partial charge on any atom is 0.308 e. The van der Waals surface area contributed by atoms with Crippen molar-refractivity contribution in [1.82, 2.24) is 0 Å². The summed E-state index contributed by atoms with van der Waals surface area (Å²) >= 11 is 0. The van der Waals surface area contributed by atoms with E-state index in [4.69, 9.17) is 4.74 Å². The molecule has 0 aliphatic carbocycles. The second-order valence-electron chi connectivity index (χ2n) is 2.98. The molecule has 0 heterocycles. The van der Waals surface area contributed by atoms with Gasteiger partial charge in [0.15, 0.2) is 11.5 Å². The van der Waals surface area contributed by atoms with E-state index in [-0.39, 0.29) is 42.4 Å². The van der Waals surface area contributed by atoms with Crippen LogP contribution >= 0.6 is 0 Å². The average molecular weight is 268 g/mol. The minimum Gasteiger partial charge on any atom is -0.426 e. The molecule has 8 heteroatoms. The standard InChI is InChI=1S/C11H8O8/c1-7(15)19-8-2-9(16-4-12)11(18-6-14)10(3-8)17-5-13/h2-6H,1H3. The fourth-order valence-electron chi connectivity index (χ4n) is 1.22. The molecule has 0 spiro atoms. The quantitative estimate of drug-likeness (QED) is 0.392. The van der Waals surface area contributed by atoms with Crippen molar-refractivity contribution in [3.63, 3.8) is 0 Å². The number of ether oxygens (including phenoxy) is 4. The van der Waals surface area contributed by atoms with Gasteiger partial charge in [-0.25, -0.2) is 0 Å². The second kappa shape index (κ2) is 6.74. The van der Waals surface area contributed by atoms with Crippen LogP contribution in [-0.2, 0) is 19.2 Å². The van der Waals surface area contributed by atoms with E-state index in [2.05, 4.69) is 14.2 Å². The zero-order valence-corrected chi connectivity index (χ0v) is 9.65. The lowest BCUT2D eigenvalue weighted by Crippen LogP contribution is -2.04. The fourth-order valence-corrected chi connectivity index (χ4v) is 1.22. The van der Waals surface area contributed by atoms with E-state index < -0.39 is 5.97 Å². The molecule has 0 amide bonds. The largest absolute Gasteiger partial charge is 0.426 e. The molecule has 1 aromatic rings. The minimum atomic E-state index is -0.641. The van der Waals surface area contributed by atoms with Gasteiger partial charge in [-0.2, -0.15) is 0 Å². The Morgan fingerprint density at radius 2 is 1.42 bits per heavy atom. The van der Waals surface area contributed by atoms with Crippen LogP contribution in [0.25, 0.3) is 0 Å². The third-order valence-electron chi connectivity index (χ3n) is 1.77. The number of hydrogen-bond donors (Lipinski definition) is 0. The Labute approximate surface area is 106 Å². The summed E-state index contributed by atoms with van der Waals surface area (Å²) in [5.74, 6) is -1.50. The highest BCUT2D eigenvalue weighted by molar-refractivity contribution is 5.72. The maximum absolute atomic E-state index is 10.8. The van der Waals surface area contributed by atoms with Crippen LogP contribution in [0, 0.1) is 0 Å². The fraction of sp³-hybridized carbons (Fsp3) is 0.0909. The molecular weight excluding hydrogens is 260 g/mol. The van der Waals surface area contributed by atoms with E-state index in [1.54, 1.807) is 0 Å². The number of carbonyl (C=O) groups is 4. The summed E-state index contributed by atoms with van der Waals surface area (Å²) in [4.78, 5) is 41.9. The maximum atomic E-state index is 10.8. The lowest BCUT2D eigenvalue weighted by atomic mass is 10.2. The predicted molar refractivity (Wildman–Crippen MR) is 57.8 cm³/mol. The topological polar surface area (TPSA) is 105 Å². The number of hydrogen-bond acceptors (Lipinski definition) is 8. The Bertz CT molecular complexity index is 476. The van der Waals surface area contributed by atoms with E-state index in [1.807, 2.05) is 0 Å². The molecule has 100 valence electrons. The second-order valence-corrected chi connectivity index (χ2v) is 2.98. The van der Waals surface area contributed by atoms with Crippen molar-refractivity contribution in [3.8, 4) is 23.0 Å². The van der Waals surface area contributed by atoms with Gasteiger partial charge >= 0.3 is 5.97 Å². The Kier molecular flexibility index (Phi) is 5.03. The van der Waals surface area contributed by atoms with Gasteiger partial charge in [0.2, 0.25) is 5.75 Å². The molecule has 0 fully saturated rings. The average Bonchev–Trinajstić information content (AvgIpc) is 2.33. The molecule has 0 radical (unpaired) electrons. The van der Waals surface area contributed by atoms with Gasteiger partial charge in [-0.05, 0) is 0 Å². The molecule has 0 aliphatic rings. The van der Waals surface area contributed by atoms with Crippen LogP contribution < -0.4 is 18.9 Å². The first-order valence-corrected chi connectivity index (χ1v) is 4.79. The molecule has 0 N–H and O–H groups in total. The summed E-state index contributed by atoms with van der Waals surface area (Å²) in [6.07, 6.45) is 0. The summed E-state index contributed by atoms with van der Waals surface area (Å²) in [5, 5.41) is 0. The van der Waals surface area contributed by atoms with Crippen molar-refractivity contribution >= 4 is 25.4 Å². The highest BCUT2D eigenvalue weighted by Crippen LogP contribution is 2.40. The molecule has 0 saturated carbocycles. The van der Waals surface area contributed by atoms with Gasteiger partial charge in [-0.15, -0.1) is 0 Å². The van der Waals surface area contributed by atoms with Crippen molar-refractivity contribution in [1.29, 1.82) is 0 Å². The Hall–Kier alpha value is -2.90. The van der Waals surface area contributed by atoms with Crippen LogP contribution in [0.3, 0.4) is 0 Å². The highest BCUT2D eigenvalue weighted by Gasteiger charge is 2.17. The molecule has 1 aromatic carbocycles. The minimum absolute atomic E-state index is 0.0517. The van der Waals surface area contributed by atoms with Gasteiger partial charge in [-0.1, -0.05) is 0 Å². The molecule has 0 atom stereocenters. The van der Waals surface area contributed by atoms with Gasteiger partial charge in [0.25, 0.3) is 19.4 Å². The number of rotatable bonds is 7. The smallest absolute Gasteiger partial charge is 0.308 e. The van der Waals surface area contributed by atoms with E-state index in [1.165, 1.54) is 0 Å². The van der Waals surface area contributed by atoms with Crippen LogP contribution in [0.1, 0.15) is 6.92 Å². The van der Waals surface area contributed by atoms with Crippen LogP contribution in [0.5, 0.6) is 23.0 Å². The van der Waals surface area contributed by atoms with E-state index in [0.717, 1.165) is 19.1 Å². The first kappa shape index (κ1) is 14.2. The first-order valence-electron chi connectivity index (χ1n) is 4.79. The number of esters is 1. The van der Waals surface area contributed by atoms with Crippen LogP contribution in [-0.4, -0.2) is 25.4 Å². The Morgan fingerprint density at radius 1 is 0.947 bits per heavy atom. The lowest BCUT2D eigenvalue weighted by molar-refractivity contribution is -0.132. The molecule has 0 bridgehead atoms. The van der Waals surface area contributed by atoms with Crippen LogP contribution in [0.4, 0.5) is 0 Å². The zero-order chi connectivity index (χ0) is 14.3. The summed E-state index contributed by atoms with van der Waals surface area (Å²) in [5.41, 5.74) is 0. The Balaban J connectivity index is 3.31. The van der Waals surface area contributed by atoms with Crippen LogP contribution in [0.15, 0.2) is 12.1 Å². The first-order chi connectivity index (χ1) is 9.12. The van der Waals surface area contributed by atoms with Gasteiger partial charge in [0.05, 0.1) is 0 Å². The van der Waals surface area contributed by atoms with Gasteiger partial charge in [0, 0.05) is 19.1 Å². The monoisotopic (exact) mass is 268 g/mol. The summed E-state index contributed by atoms with van der Waals surface area (Å²) in [7, 11) is 0. The predicted octanol–water partition coefficient (Wildman–Crippen LogP) is 0.217. The molecule has 0 aliphatic heterocycles. The molecule has 19 heavy (non-hydrogen) atoms. The molecule has 0 saturated heterocycles. The van der Waals surface area contributed by atoms with Gasteiger partial charge < -0.3 is 18.9 Å². The van der Waals surface area contributed by atoms with Crippen molar-refractivity contribution in [3.05, 3.63) is 12.1 Å².